The van der Waals surface area contributed by atoms with Gasteiger partial charge in [-0.1, -0.05) is 23.9 Å². The lowest BCUT2D eigenvalue weighted by Gasteiger charge is -2.26. The summed E-state index contributed by atoms with van der Waals surface area (Å²) < 4.78 is 16.7. The van der Waals surface area contributed by atoms with Crippen molar-refractivity contribution in [2.75, 3.05) is 39.4 Å². The number of benzene rings is 1. The van der Waals surface area contributed by atoms with Crippen molar-refractivity contribution in [3.05, 3.63) is 47.4 Å². The molecule has 3 aromatic rings. The number of nitrogens with zero attached hydrogens (tertiary/aromatic N) is 2. The quantitative estimate of drug-likeness (QED) is 0.609. The van der Waals surface area contributed by atoms with E-state index in [1.807, 2.05) is 31.2 Å². The van der Waals surface area contributed by atoms with Crippen LogP contribution in [0.5, 0.6) is 0 Å². The Morgan fingerprint density at radius 1 is 1.21 bits per heavy atom. The van der Waals surface area contributed by atoms with Gasteiger partial charge in [0.25, 0.3) is 11.1 Å². The lowest BCUT2D eigenvalue weighted by atomic mass is 10.2. The van der Waals surface area contributed by atoms with E-state index in [0.29, 0.717) is 29.0 Å². The zero-order valence-corrected chi connectivity index (χ0v) is 16.6. The van der Waals surface area contributed by atoms with Crippen LogP contribution in [0.3, 0.4) is 0 Å². The van der Waals surface area contributed by atoms with Crippen LogP contribution in [-0.4, -0.2) is 55.2 Å². The van der Waals surface area contributed by atoms with Crippen LogP contribution in [0.4, 0.5) is 0 Å². The molecule has 1 amide bonds. The monoisotopic (exact) mass is 401 g/mol. The topological polar surface area (TPSA) is 80.7 Å². The van der Waals surface area contributed by atoms with Crippen LogP contribution in [0.1, 0.15) is 21.9 Å². The van der Waals surface area contributed by atoms with Gasteiger partial charge in [0, 0.05) is 26.2 Å². The summed E-state index contributed by atoms with van der Waals surface area (Å²) >= 11 is 1.45. The number of amides is 1. The van der Waals surface area contributed by atoms with Gasteiger partial charge in [0.2, 0.25) is 0 Å². The summed E-state index contributed by atoms with van der Waals surface area (Å²) in [4.78, 5) is 19.0. The van der Waals surface area contributed by atoms with Crippen molar-refractivity contribution in [1.29, 1.82) is 0 Å². The Balaban J connectivity index is 1.27. The minimum absolute atomic E-state index is 0.193. The van der Waals surface area contributed by atoms with E-state index < -0.39 is 0 Å². The molecule has 4 rings (SSSR count). The van der Waals surface area contributed by atoms with Gasteiger partial charge in [-0.25, -0.2) is 4.98 Å². The maximum Gasteiger partial charge on any atom is 0.287 e. The fourth-order valence-corrected chi connectivity index (χ4v) is 3.80. The Bertz CT molecular complexity index is 946. The molecule has 3 heterocycles. The molecule has 1 fully saturated rings. The summed E-state index contributed by atoms with van der Waals surface area (Å²) in [5.41, 5.74) is 2.74. The Hall–Kier alpha value is -2.29. The van der Waals surface area contributed by atoms with Gasteiger partial charge in [-0.2, -0.15) is 0 Å². The molecule has 1 aliphatic rings. The smallest absolute Gasteiger partial charge is 0.287 e. The first-order chi connectivity index (χ1) is 13.7. The summed E-state index contributed by atoms with van der Waals surface area (Å²) in [6.07, 6.45) is 0. The van der Waals surface area contributed by atoms with E-state index in [0.717, 1.165) is 49.5 Å². The molecule has 7 nitrogen and oxygen atoms in total. The lowest BCUT2D eigenvalue weighted by molar-refractivity contribution is 0.0382. The molecule has 0 aliphatic carbocycles. The standard InChI is InChI=1S/C20H23N3O4S/c1-14-3-2-4-16-18(14)22-20(27-16)28-13-15-5-6-17(26-15)19(24)21-7-8-23-9-11-25-12-10-23/h2-6H,7-13H2,1H3,(H,21,24). The molecule has 0 spiro atoms. The molecular weight excluding hydrogens is 378 g/mol. The van der Waals surface area contributed by atoms with Gasteiger partial charge in [-0.15, -0.1) is 0 Å². The summed E-state index contributed by atoms with van der Waals surface area (Å²) in [7, 11) is 0. The number of hydrogen-bond acceptors (Lipinski definition) is 7. The van der Waals surface area contributed by atoms with Gasteiger partial charge in [0.15, 0.2) is 11.3 Å². The van der Waals surface area contributed by atoms with Crippen molar-refractivity contribution in [3.63, 3.8) is 0 Å². The van der Waals surface area contributed by atoms with Gasteiger partial charge < -0.3 is 18.9 Å². The number of nitrogens with one attached hydrogen (secondary N) is 1. The Morgan fingerprint density at radius 2 is 2.07 bits per heavy atom. The lowest BCUT2D eigenvalue weighted by Crippen LogP contribution is -2.41. The fourth-order valence-electron chi connectivity index (χ4n) is 3.08. The highest BCUT2D eigenvalue weighted by Gasteiger charge is 2.14. The molecule has 8 heteroatoms. The number of oxazole rings is 1. The van der Waals surface area contributed by atoms with Crippen molar-refractivity contribution < 1.29 is 18.4 Å². The average molecular weight is 401 g/mol. The third-order valence-electron chi connectivity index (χ3n) is 4.64. The Kier molecular flexibility index (Phi) is 5.99. The molecule has 0 unspecified atom stereocenters. The number of rotatable bonds is 7. The maximum absolute atomic E-state index is 12.2. The number of fused-ring (bicyclic) bond motifs is 1. The van der Waals surface area contributed by atoms with E-state index in [1.54, 1.807) is 6.07 Å². The number of aryl methyl sites for hydroxylation is 1. The highest BCUT2D eigenvalue weighted by molar-refractivity contribution is 7.98. The summed E-state index contributed by atoms with van der Waals surface area (Å²) in [6.45, 7) is 6.75. The molecule has 28 heavy (non-hydrogen) atoms. The first kappa shape index (κ1) is 19.0. The summed E-state index contributed by atoms with van der Waals surface area (Å²) in [5, 5.41) is 3.50. The van der Waals surface area contributed by atoms with E-state index in [4.69, 9.17) is 13.6 Å². The number of carbonyl (C=O) groups excluding carboxylic acids is 1. The van der Waals surface area contributed by atoms with Crippen molar-refractivity contribution in [1.82, 2.24) is 15.2 Å². The van der Waals surface area contributed by atoms with Crippen LogP contribution in [0.15, 0.2) is 44.4 Å². The highest BCUT2D eigenvalue weighted by Crippen LogP contribution is 2.28. The molecule has 0 bridgehead atoms. The van der Waals surface area contributed by atoms with Gasteiger partial charge in [-0.3, -0.25) is 9.69 Å². The van der Waals surface area contributed by atoms with Crippen LogP contribution in [-0.2, 0) is 10.5 Å². The Labute approximate surface area is 167 Å². The van der Waals surface area contributed by atoms with Gasteiger partial charge >= 0.3 is 0 Å². The minimum Gasteiger partial charge on any atom is -0.455 e. The number of carbonyl (C=O) groups is 1. The number of para-hydroxylation sites is 1. The zero-order valence-electron chi connectivity index (χ0n) is 15.8. The molecule has 0 atom stereocenters. The third-order valence-corrected chi connectivity index (χ3v) is 5.49. The van der Waals surface area contributed by atoms with Crippen LogP contribution >= 0.6 is 11.8 Å². The number of furan rings is 1. The molecular formula is C20H23N3O4S. The van der Waals surface area contributed by atoms with Crippen LogP contribution in [0, 0.1) is 6.92 Å². The highest BCUT2D eigenvalue weighted by atomic mass is 32.2. The van der Waals surface area contributed by atoms with Gasteiger partial charge in [-0.05, 0) is 30.7 Å². The van der Waals surface area contributed by atoms with E-state index in [1.165, 1.54) is 11.8 Å². The molecule has 1 aromatic carbocycles. The van der Waals surface area contributed by atoms with Crippen molar-refractivity contribution in [3.8, 4) is 0 Å². The van der Waals surface area contributed by atoms with Crippen LogP contribution < -0.4 is 5.32 Å². The first-order valence-electron chi connectivity index (χ1n) is 9.35. The largest absolute Gasteiger partial charge is 0.455 e. The predicted octanol–water partition coefficient (Wildman–Crippen LogP) is 3.08. The molecule has 148 valence electrons. The SMILES string of the molecule is Cc1cccc2oc(SCc3ccc(C(=O)NCCN4CCOCC4)o3)nc12. The zero-order chi connectivity index (χ0) is 19.3. The average Bonchev–Trinajstić information content (AvgIpc) is 3.35. The summed E-state index contributed by atoms with van der Waals surface area (Å²) in [6, 6.07) is 9.39. The molecule has 0 saturated carbocycles. The second-order valence-electron chi connectivity index (χ2n) is 6.67. The first-order valence-corrected chi connectivity index (χ1v) is 10.3. The van der Waals surface area contributed by atoms with E-state index in [2.05, 4.69) is 15.2 Å². The van der Waals surface area contributed by atoms with Gasteiger partial charge in [0.1, 0.15) is 11.3 Å². The van der Waals surface area contributed by atoms with Crippen LogP contribution in [0.25, 0.3) is 11.1 Å². The van der Waals surface area contributed by atoms with Crippen molar-refractivity contribution in [2.24, 2.45) is 0 Å². The van der Waals surface area contributed by atoms with Crippen molar-refractivity contribution >= 4 is 28.8 Å². The second-order valence-corrected chi connectivity index (χ2v) is 7.59. The van der Waals surface area contributed by atoms with Crippen molar-refractivity contribution in [2.45, 2.75) is 17.9 Å². The van der Waals surface area contributed by atoms with E-state index >= 15 is 0 Å². The molecule has 2 aromatic heterocycles. The minimum atomic E-state index is -0.193. The second kappa shape index (κ2) is 8.81. The number of morpholine rings is 1. The fraction of sp³-hybridized carbons (Fsp3) is 0.400. The third kappa shape index (κ3) is 4.57. The summed E-state index contributed by atoms with van der Waals surface area (Å²) in [5.74, 6) is 1.39. The maximum atomic E-state index is 12.2. The Morgan fingerprint density at radius 3 is 2.89 bits per heavy atom. The number of thioether (sulfide) groups is 1. The molecule has 1 aliphatic heterocycles. The van der Waals surface area contributed by atoms with E-state index in [-0.39, 0.29) is 5.91 Å². The molecule has 1 saturated heterocycles. The normalized spacial score (nSPS) is 15.2. The van der Waals surface area contributed by atoms with Gasteiger partial charge in [0.05, 0.1) is 19.0 Å². The van der Waals surface area contributed by atoms with E-state index in [9.17, 15) is 4.79 Å². The predicted molar refractivity (Wildman–Crippen MR) is 107 cm³/mol. The van der Waals surface area contributed by atoms with Crippen LogP contribution in [0.2, 0.25) is 0 Å². The number of hydrogen-bond donors (Lipinski definition) is 1. The molecule has 1 N–H and O–H groups in total. The number of aromatic nitrogens is 1. The number of ether oxygens (including phenoxy) is 1. The molecule has 0 radical (unpaired) electrons.